The van der Waals surface area contributed by atoms with Crippen LogP contribution in [0.25, 0.3) is 0 Å². The summed E-state index contributed by atoms with van der Waals surface area (Å²) in [6.45, 7) is 2.65. The first-order chi connectivity index (χ1) is 16.2. The van der Waals surface area contributed by atoms with Crippen LogP contribution in [0.1, 0.15) is 41.8 Å². The molecule has 0 fully saturated rings. The number of para-hydroxylation sites is 1. The van der Waals surface area contributed by atoms with Gasteiger partial charge in [0.15, 0.2) is 6.61 Å². The third-order valence-electron chi connectivity index (χ3n) is 5.53. The van der Waals surface area contributed by atoms with Gasteiger partial charge >= 0.3 is 12.1 Å². The minimum Gasteiger partial charge on any atom is -0.457 e. The predicted octanol–water partition coefficient (Wildman–Crippen LogP) is 7.80. The van der Waals surface area contributed by atoms with E-state index >= 15 is 0 Å². The highest BCUT2D eigenvalue weighted by atomic mass is 32.2. The molecule has 0 aliphatic rings. The molecule has 0 saturated carbocycles. The number of alkyl halides is 3. The van der Waals surface area contributed by atoms with Gasteiger partial charge in [0.1, 0.15) is 11.5 Å². The molecule has 34 heavy (non-hydrogen) atoms. The maximum Gasteiger partial charge on any atom is 0.422 e. The zero-order valence-corrected chi connectivity index (χ0v) is 19.9. The number of ether oxygens (including phenoxy) is 2. The van der Waals surface area contributed by atoms with Gasteiger partial charge in [0, 0.05) is 16.9 Å². The molecule has 0 radical (unpaired) electrons. The lowest BCUT2D eigenvalue weighted by molar-refractivity contribution is -0.161. The topological polar surface area (TPSA) is 35.5 Å². The fraction of sp³-hybridized carbons (Fsp3) is 0.296. The van der Waals surface area contributed by atoms with E-state index < -0.39 is 18.8 Å². The zero-order chi connectivity index (χ0) is 24.6. The molecular formula is C27H27F3O3S. The lowest BCUT2D eigenvalue weighted by Crippen LogP contribution is -2.24. The largest absolute Gasteiger partial charge is 0.457 e. The highest BCUT2D eigenvalue weighted by molar-refractivity contribution is 7.98. The van der Waals surface area contributed by atoms with Gasteiger partial charge in [-0.1, -0.05) is 56.3 Å². The average Bonchev–Trinajstić information content (AvgIpc) is 2.83. The van der Waals surface area contributed by atoms with Gasteiger partial charge in [0.2, 0.25) is 0 Å². The van der Waals surface area contributed by atoms with Crippen LogP contribution in [-0.4, -0.2) is 24.5 Å². The van der Waals surface area contributed by atoms with Crippen LogP contribution < -0.4 is 4.74 Å². The van der Waals surface area contributed by atoms with Crippen molar-refractivity contribution < 1.29 is 27.4 Å². The van der Waals surface area contributed by atoms with E-state index in [2.05, 4.69) is 24.7 Å². The second-order valence-electron chi connectivity index (χ2n) is 8.24. The second-order valence-corrected chi connectivity index (χ2v) is 9.22. The molecule has 3 aromatic carbocycles. The molecule has 0 N–H and O–H groups in total. The Hall–Kier alpha value is -2.93. The summed E-state index contributed by atoms with van der Waals surface area (Å²) in [6.07, 6.45) is -3.67. The number of benzene rings is 3. The second kappa shape index (κ2) is 11.5. The molecule has 3 aromatic rings. The lowest BCUT2D eigenvalue weighted by atomic mass is 9.82. The Bertz CT molecular complexity index is 1070. The van der Waals surface area contributed by atoms with Crippen LogP contribution in [-0.2, 0) is 15.9 Å². The van der Waals surface area contributed by atoms with Crippen LogP contribution in [0.2, 0.25) is 0 Å². The average molecular weight is 489 g/mol. The molecule has 0 aliphatic carbocycles. The molecule has 0 aliphatic heterocycles. The van der Waals surface area contributed by atoms with Gasteiger partial charge in [-0.2, -0.15) is 24.9 Å². The van der Waals surface area contributed by atoms with E-state index in [0.717, 1.165) is 40.6 Å². The van der Waals surface area contributed by atoms with E-state index in [1.807, 2.05) is 48.5 Å². The van der Waals surface area contributed by atoms with Crippen molar-refractivity contribution in [3.8, 4) is 11.5 Å². The maximum absolute atomic E-state index is 12.3. The van der Waals surface area contributed by atoms with E-state index in [1.165, 1.54) is 12.1 Å². The third kappa shape index (κ3) is 7.55. The summed E-state index contributed by atoms with van der Waals surface area (Å²) >= 11 is 1.80. The molecule has 1 unspecified atom stereocenters. The Morgan fingerprint density at radius 3 is 2.24 bits per heavy atom. The molecule has 0 bridgehead atoms. The predicted molar refractivity (Wildman–Crippen MR) is 130 cm³/mol. The third-order valence-corrected chi connectivity index (χ3v) is 6.91. The number of carbonyl (C=O) groups excluding carboxylic acids is 1. The molecule has 3 nitrogen and oxygen atoms in total. The first kappa shape index (κ1) is 25.7. The molecule has 0 heterocycles. The van der Waals surface area contributed by atoms with Crippen molar-refractivity contribution in [3.63, 3.8) is 0 Å². The number of thioether (sulfide) groups is 1. The number of hydrogen-bond donors (Lipinski definition) is 0. The molecule has 3 rings (SSSR count). The summed E-state index contributed by atoms with van der Waals surface area (Å²) in [7, 11) is 0. The van der Waals surface area contributed by atoms with Crippen molar-refractivity contribution >= 4 is 17.7 Å². The summed E-state index contributed by atoms with van der Waals surface area (Å²) in [4.78, 5) is 11.9. The molecule has 0 amide bonds. The van der Waals surface area contributed by atoms with Gasteiger partial charge in [-0.15, -0.1) is 0 Å². The minimum absolute atomic E-state index is 0.106. The quantitative estimate of drug-likeness (QED) is 0.273. The smallest absolute Gasteiger partial charge is 0.422 e. The van der Waals surface area contributed by atoms with Crippen molar-refractivity contribution in [2.45, 2.75) is 37.6 Å². The van der Waals surface area contributed by atoms with Gasteiger partial charge < -0.3 is 9.47 Å². The van der Waals surface area contributed by atoms with Crippen molar-refractivity contribution in [1.82, 2.24) is 0 Å². The number of rotatable bonds is 10. The molecule has 0 saturated heterocycles. The molecule has 7 heteroatoms. The van der Waals surface area contributed by atoms with Gasteiger partial charge in [-0.05, 0) is 53.9 Å². The van der Waals surface area contributed by atoms with Crippen molar-refractivity contribution in [2.75, 3.05) is 12.4 Å². The summed E-state index contributed by atoms with van der Waals surface area (Å²) in [5.74, 6) is 2.25. The van der Waals surface area contributed by atoms with Gasteiger partial charge in [-0.3, -0.25) is 0 Å². The van der Waals surface area contributed by atoms with E-state index in [1.54, 1.807) is 23.9 Å². The number of carbonyl (C=O) groups is 1. The van der Waals surface area contributed by atoms with Crippen molar-refractivity contribution in [2.24, 2.45) is 0 Å². The summed E-state index contributed by atoms with van der Waals surface area (Å²) in [5, 5.41) is 0. The van der Waals surface area contributed by atoms with Gasteiger partial charge in [0.25, 0.3) is 0 Å². The summed E-state index contributed by atoms with van der Waals surface area (Å²) in [6, 6.07) is 24.3. The fourth-order valence-electron chi connectivity index (χ4n) is 3.35. The van der Waals surface area contributed by atoms with E-state index in [9.17, 15) is 18.0 Å². The van der Waals surface area contributed by atoms with Gasteiger partial charge in [0.05, 0.1) is 5.56 Å². The standard InChI is InChI=1S/C27H27F3O3S/c1-3-26(2,22-14-12-21(13-15-22)25(31)32-18-27(28,29)30)19-34-17-20-8-7-11-24(16-20)33-23-9-5-4-6-10-23/h4-16H,3,17-19H2,1-2H3. The van der Waals surface area contributed by atoms with Crippen molar-refractivity contribution in [3.05, 3.63) is 95.6 Å². The van der Waals surface area contributed by atoms with E-state index in [-0.39, 0.29) is 11.0 Å². The normalized spacial score (nSPS) is 13.2. The summed E-state index contributed by atoms with van der Waals surface area (Å²) in [5.41, 5.74) is 2.13. The number of esters is 1. The van der Waals surface area contributed by atoms with Crippen LogP contribution in [0.15, 0.2) is 78.9 Å². The van der Waals surface area contributed by atoms with Crippen LogP contribution in [0.4, 0.5) is 13.2 Å². The van der Waals surface area contributed by atoms with Crippen LogP contribution >= 0.6 is 11.8 Å². The fourth-order valence-corrected chi connectivity index (χ4v) is 4.69. The van der Waals surface area contributed by atoms with Gasteiger partial charge in [-0.25, -0.2) is 4.79 Å². The highest BCUT2D eigenvalue weighted by Gasteiger charge is 2.30. The van der Waals surface area contributed by atoms with E-state index in [0.29, 0.717) is 0 Å². The molecular weight excluding hydrogens is 461 g/mol. The lowest BCUT2D eigenvalue weighted by Gasteiger charge is -2.29. The van der Waals surface area contributed by atoms with Crippen LogP contribution in [0, 0.1) is 0 Å². The Morgan fingerprint density at radius 1 is 0.912 bits per heavy atom. The first-order valence-electron chi connectivity index (χ1n) is 10.9. The monoisotopic (exact) mass is 488 g/mol. The Morgan fingerprint density at radius 2 is 1.59 bits per heavy atom. The number of halogens is 3. The van der Waals surface area contributed by atoms with Crippen LogP contribution in [0.5, 0.6) is 11.5 Å². The minimum atomic E-state index is -4.54. The van der Waals surface area contributed by atoms with Crippen molar-refractivity contribution in [1.29, 1.82) is 0 Å². The maximum atomic E-state index is 12.3. The molecule has 1 atom stereocenters. The Kier molecular flexibility index (Phi) is 8.67. The molecule has 0 spiro atoms. The van der Waals surface area contributed by atoms with E-state index in [4.69, 9.17) is 4.74 Å². The number of hydrogen-bond acceptors (Lipinski definition) is 4. The summed E-state index contributed by atoms with van der Waals surface area (Å²) < 4.78 is 47.1. The Labute approximate surface area is 202 Å². The zero-order valence-electron chi connectivity index (χ0n) is 19.1. The first-order valence-corrected chi connectivity index (χ1v) is 12.1. The molecule has 180 valence electrons. The Balaban J connectivity index is 1.58. The van der Waals surface area contributed by atoms with Crippen LogP contribution in [0.3, 0.4) is 0 Å². The SMILES string of the molecule is CCC(C)(CSCc1cccc(Oc2ccccc2)c1)c1ccc(C(=O)OCC(F)(F)F)cc1. The molecule has 0 aromatic heterocycles. The highest BCUT2D eigenvalue weighted by Crippen LogP contribution is 2.33.